The van der Waals surface area contributed by atoms with Crippen LogP contribution in [0.4, 0.5) is 0 Å². The van der Waals surface area contributed by atoms with E-state index in [1.54, 1.807) is 13.1 Å². The van der Waals surface area contributed by atoms with Gasteiger partial charge in [0.1, 0.15) is 0 Å². The third-order valence-corrected chi connectivity index (χ3v) is 9.88. The van der Waals surface area contributed by atoms with E-state index in [2.05, 4.69) is 50.4 Å². The summed E-state index contributed by atoms with van der Waals surface area (Å²) in [6.07, 6.45) is 4.85. The number of aliphatic hydroxyl groups excluding tert-OH is 1. The normalized spacial score (nSPS) is 15.0. The molecule has 0 fully saturated rings. The topological polar surface area (TPSA) is 82.5 Å². The Balaban J connectivity index is 1.37. The Morgan fingerprint density at radius 3 is 2.40 bits per heavy atom. The Morgan fingerprint density at radius 1 is 1.05 bits per heavy atom. The summed E-state index contributed by atoms with van der Waals surface area (Å²) in [5, 5.41) is 14.3. The number of β-amino-alcohol motifs (C(OH)–C–C–N with tert-alkyl or cyclic N) is 1. The van der Waals surface area contributed by atoms with Gasteiger partial charge in [-0.1, -0.05) is 56.7 Å². The molecule has 40 heavy (non-hydrogen) atoms. The highest BCUT2D eigenvalue weighted by molar-refractivity contribution is 7.89. The van der Waals surface area contributed by atoms with E-state index < -0.39 is 16.1 Å². The Bertz CT molecular complexity index is 1380. The van der Waals surface area contributed by atoms with Crippen molar-refractivity contribution in [2.45, 2.75) is 82.8 Å². The number of fused-ring (bicyclic) bond motifs is 1. The number of likely N-dealkylation sites (N-methyl/N-ethyl adjacent to an activating group) is 1. The molecule has 7 heteroatoms. The average molecular weight is 564 g/mol. The molecule has 1 atom stereocenters. The van der Waals surface area contributed by atoms with Crippen LogP contribution in [0.15, 0.2) is 65.6 Å². The number of benzene rings is 2. The van der Waals surface area contributed by atoms with Crippen LogP contribution in [-0.2, 0) is 35.7 Å². The van der Waals surface area contributed by atoms with E-state index in [-0.39, 0.29) is 17.0 Å². The van der Waals surface area contributed by atoms with Crippen molar-refractivity contribution in [2.24, 2.45) is 5.92 Å². The maximum Gasteiger partial charge on any atom is 0.243 e. The molecule has 6 nitrogen and oxygen atoms in total. The van der Waals surface area contributed by atoms with Gasteiger partial charge in [-0.3, -0.25) is 4.98 Å². The van der Waals surface area contributed by atoms with E-state index in [0.29, 0.717) is 18.9 Å². The van der Waals surface area contributed by atoms with Gasteiger partial charge in [0, 0.05) is 36.9 Å². The van der Waals surface area contributed by atoms with Crippen molar-refractivity contribution in [2.75, 3.05) is 20.1 Å². The zero-order valence-corrected chi connectivity index (χ0v) is 25.5. The van der Waals surface area contributed by atoms with Crippen molar-refractivity contribution in [1.29, 1.82) is 0 Å². The van der Waals surface area contributed by atoms with Crippen molar-refractivity contribution >= 4 is 10.0 Å². The smallest absolute Gasteiger partial charge is 0.243 e. The summed E-state index contributed by atoms with van der Waals surface area (Å²) < 4.78 is 28.4. The second-order valence-corrected chi connectivity index (χ2v) is 13.9. The first-order valence-corrected chi connectivity index (χ1v) is 16.0. The molecule has 0 spiro atoms. The summed E-state index contributed by atoms with van der Waals surface area (Å²) in [5.74, 6) is 0.569. The second-order valence-electron chi connectivity index (χ2n) is 11.9. The van der Waals surface area contributed by atoms with Crippen molar-refractivity contribution in [3.05, 3.63) is 83.0 Å². The van der Waals surface area contributed by atoms with Gasteiger partial charge in [0.15, 0.2) is 0 Å². The molecule has 3 aromatic rings. The minimum Gasteiger partial charge on any atom is -0.390 e. The van der Waals surface area contributed by atoms with E-state index in [9.17, 15) is 13.5 Å². The molecule has 0 radical (unpaired) electrons. The summed E-state index contributed by atoms with van der Waals surface area (Å²) in [7, 11) is -2.23. The molecule has 4 rings (SSSR count). The lowest BCUT2D eigenvalue weighted by atomic mass is 9.88. The van der Waals surface area contributed by atoms with Crippen LogP contribution in [0.1, 0.15) is 62.9 Å². The van der Waals surface area contributed by atoms with Gasteiger partial charge in [0.25, 0.3) is 0 Å². The van der Waals surface area contributed by atoms with Crippen LogP contribution in [0.25, 0.3) is 11.3 Å². The van der Waals surface area contributed by atoms with Gasteiger partial charge in [-0.2, -0.15) is 4.31 Å². The predicted molar refractivity (Wildman–Crippen MR) is 163 cm³/mol. The number of hydrogen-bond donors (Lipinski definition) is 2. The fourth-order valence-electron chi connectivity index (χ4n) is 5.91. The largest absolute Gasteiger partial charge is 0.390 e. The first-order chi connectivity index (χ1) is 19.0. The van der Waals surface area contributed by atoms with Crippen LogP contribution in [0.3, 0.4) is 0 Å². The first kappa shape index (κ1) is 30.4. The highest BCUT2D eigenvalue weighted by atomic mass is 32.2. The summed E-state index contributed by atoms with van der Waals surface area (Å²) in [4.78, 5) is 5.04. The van der Waals surface area contributed by atoms with E-state index in [0.717, 1.165) is 54.6 Å². The number of aliphatic hydroxyl groups is 1. The molecule has 1 aliphatic carbocycles. The van der Waals surface area contributed by atoms with Crippen molar-refractivity contribution in [3.8, 4) is 11.3 Å². The number of aromatic nitrogens is 1. The van der Waals surface area contributed by atoms with Gasteiger partial charge in [-0.05, 0) is 92.8 Å². The molecule has 1 aromatic heterocycles. The summed E-state index contributed by atoms with van der Waals surface area (Å²) in [5.41, 5.74) is 6.26. The highest BCUT2D eigenvalue weighted by Crippen LogP contribution is 2.32. The molecular weight excluding hydrogens is 518 g/mol. The summed E-state index contributed by atoms with van der Waals surface area (Å²) in [6.45, 7) is 8.75. The fourth-order valence-corrected chi connectivity index (χ4v) is 7.39. The van der Waals surface area contributed by atoms with Crippen LogP contribution in [0.5, 0.6) is 0 Å². The van der Waals surface area contributed by atoms with Crippen LogP contribution in [-0.4, -0.2) is 54.6 Å². The number of nitrogens with one attached hydrogen (secondary N) is 1. The van der Waals surface area contributed by atoms with Gasteiger partial charge >= 0.3 is 0 Å². The second kappa shape index (κ2) is 12.9. The Kier molecular flexibility index (Phi) is 9.83. The van der Waals surface area contributed by atoms with Crippen molar-refractivity contribution < 1.29 is 13.5 Å². The molecule has 1 aliphatic rings. The zero-order chi connectivity index (χ0) is 28.9. The standard InChI is InChI=1S/C33H45N3O3S/c1-6-11-29-14-10-15-31(35-29)28-16-17-32(25(7-2)20-28)40(38,39)36(5)23-30(37)22-34-33(3,4)21-24-18-26-12-8-9-13-27(26)19-24/h8-10,12-17,20,24,30,34,37H,6-7,11,18-19,21-23H2,1-5H3/t30-/m1/s1. The van der Waals surface area contributed by atoms with Gasteiger partial charge < -0.3 is 10.4 Å². The zero-order valence-electron chi connectivity index (χ0n) is 24.7. The predicted octanol–water partition coefficient (Wildman–Crippen LogP) is 5.42. The van der Waals surface area contributed by atoms with Crippen LogP contribution < -0.4 is 5.32 Å². The number of hydrogen-bond acceptors (Lipinski definition) is 5. The first-order valence-electron chi connectivity index (χ1n) is 14.6. The lowest BCUT2D eigenvalue weighted by Crippen LogP contribution is -2.47. The quantitative estimate of drug-likeness (QED) is 0.290. The molecule has 0 amide bonds. The lowest BCUT2D eigenvalue weighted by molar-refractivity contribution is 0.135. The molecule has 0 saturated carbocycles. The maximum absolute atomic E-state index is 13.6. The highest BCUT2D eigenvalue weighted by Gasteiger charge is 2.30. The number of rotatable bonds is 13. The molecule has 1 heterocycles. The molecule has 0 bridgehead atoms. The molecule has 216 valence electrons. The van der Waals surface area contributed by atoms with Crippen molar-refractivity contribution in [1.82, 2.24) is 14.6 Å². The maximum atomic E-state index is 13.6. The van der Waals surface area contributed by atoms with Gasteiger partial charge in [-0.15, -0.1) is 0 Å². The monoisotopic (exact) mass is 563 g/mol. The summed E-state index contributed by atoms with van der Waals surface area (Å²) >= 11 is 0. The van der Waals surface area contributed by atoms with E-state index >= 15 is 0 Å². The van der Waals surface area contributed by atoms with Crippen LogP contribution in [0, 0.1) is 5.92 Å². The van der Waals surface area contributed by atoms with Crippen molar-refractivity contribution in [3.63, 3.8) is 0 Å². The minimum atomic E-state index is -3.77. The van der Waals surface area contributed by atoms with E-state index in [4.69, 9.17) is 4.98 Å². The minimum absolute atomic E-state index is 0.0197. The summed E-state index contributed by atoms with van der Waals surface area (Å²) in [6, 6.07) is 20.1. The van der Waals surface area contributed by atoms with Gasteiger partial charge in [0.05, 0.1) is 16.7 Å². The molecule has 0 unspecified atom stereocenters. The molecule has 0 aliphatic heterocycles. The Labute approximate surface area is 240 Å². The van der Waals surface area contributed by atoms with E-state index in [1.165, 1.54) is 15.4 Å². The molecule has 2 N–H and O–H groups in total. The van der Waals surface area contributed by atoms with Crippen LogP contribution >= 0.6 is 0 Å². The lowest BCUT2D eigenvalue weighted by Gasteiger charge is -2.31. The Morgan fingerprint density at radius 2 is 1.75 bits per heavy atom. The average Bonchev–Trinajstić information content (AvgIpc) is 3.33. The SMILES string of the molecule is CCCc1cccc(-c2ccc(S(=O)(=O)N(C)C[C@H](O)CNC(C)(C)CC3Cc4ccccc4C3)c(CC)c2)n1. The number of aryl methyl sites for hydroxylation is 2. The number of pyridine rings is 1. The third kappa shape index (κ3) is 7.38. The Hall–Kier alpha value is -2.58. The molecule has 2 aromatic carbocycles. The molecular formula is C33H45N3O3S. The van der Waals surface area contributed by atoms with Gasteiger partial charge in [-0.25, -0.2) is 8.42 Å². The number of sulfonamides is 1. The van der Waals surface area contributed by atoms with Crippen LogP contribution in [0.2, 0.25) is 0 Å². The fraction of sp³-hybridized carbons (Fsp3) is 0.485. The van der Waals surface area contributed by atoms with Gasteiger partial charge in [0.2, 0.25) is 10.0 Å². The van der Waals surface area contributed by atoms with E-state index in [1.807, 2.05) is 37.3 Å². The molecule has 0 saturated heterocycles. The number of nitrogens with zero attached hydrogens (tertiary/aromatic N) is 2. The third-order valence-electron chi connectivity index (χ3n) is 7.96.